The summed E-state index contributed by atoms with van der Waals surface area (Å²) in [5.74, 6) is -0.937. The lowest BCUT2D eigenvalue weighted by Gasteiger charge is -2.18. The SMILES string of the molecule is CCN(CC)S(=O)(=O)c1ccc(C(=O)Nc2ccc(OC(F)(F)F)cc2)cc1. The van der Waals surface area contributed by atoms with Gasteiger partial charge in [0.05, 0.1) is 4.90 Å². The Bertz CT molecular complexity index is 907. The van der Waals surface area contributed by atoms with Crippen LogP contribution in [0.1, 0.15) is 24.2 Å². The summed E-state index contributed by atoms with van der Waals surface area (Å²) in [6.07, 6.45) is -4.79. The van der Waals surface area contributed by atoms with E-state index in [1.54, 1.807) is 13.8 Å². The number of anilines is 1. The predicted octanol–water partition coefficient (Wildman–Crippen LogP) is 3.87. The van der Waals surface area contributed by atoms with Crippen LogP contribution >= 0.6 is 0 Å². The molecule has 0 aliphatic carbocycles. The van der Waals surface area contributed by atoms with E-state index in [1.807, 2.05) is 0 Å². The second kappa shape index (κ2) is 8.61. The van der Waals surface area contributed by atoms with Crippen molar-refractivity contribution < 1.29 is 31.1 Å². The third kappa shape index (κ3) is 5.46. The smallest absolute Gasteiger partial charge is 0.406 e. The summed E-state index contributed by atoms with van der Waals surface area (Å²) in [6, 6.07) is 10.1. The van der Waals surface area contributed by atoms with Crippen molar-refractivity contribution in [2.24, 2.45) is 0 Å². The van der Waals surface area contributed by atoms with E-state index in [9.17, 15) is 26.4 Å². The number of ether oxygens (including phenoxy) is 1. The van der Waals surface area contributed by atoms with Crippen LogP contribution in [0.4, 0.5) is 18.9 Å². The van der Waals surface area contributed by atoms with Crippen LogP contribution in [0.5, 0.6) is 5.75 Å². The maximum absolute atomic E-state index is 12.4. The van der Waals surface area contributed by atoms with Crippen LogP contribution < -0.4 is 10.1 Å². The Morgan fingerprint density at radius 2 is 1.54 bits per heavy atom. The molecule has 28 heavy (non-hydrogen) atoms. The van der Waals surface area contributed by atoms with Gasteiger partial charge in [0.2, 0.25) is 10.0 Å². The molecule has 6 nitrogen and oxygen atoms in total. The molecule has 10 heteroatoms. The van der Waals surface area contributed by atoms with Crippen molar-refractivity contribution in [2.45, 2.75) is 25.1 Å². The maximum atomic E-state index is 12.4. The minimum absolute atomic E-state index is 0.0707. The monoisotopic (exact) mass is 416 g/mol. The van der Waals surface area contributed by atoms with Gasteiger partial charge < -0.3 is 10.1 Å². The Balaban J connectivity index is 2.09. The first-order valence-corrected chi connectivity index (χ1v) is 9.78. The first kappa shape index (κ1) is 21.7. The Hall–Kier alpha value is -2.59. The van der Waals surface area contributed by atoms with Crippen molar-refractivity contribution in [3.63, 3.8) is 0 Å². The molecule has 0 saturated carbocycles. The molecule has 2 aromatic carbocycles. The molecule has 2 aromatic rings. The lowest BCUT2D eigenvalue weighted by molar-refractivity contribution is -0.274. The van der Waals surface area contributed by atoms with Gasteiger partial charge in [0.15, 0.2) is 0 Å². The van der Waals surface area contributed by atoms with Gasteiger partial charge >= 0.3 is 6.36 Å². The summed E-state index contributed by atoms with van der Waals surface area (Å²) in [5, 5.41) is 2.52. The maximum Gasteiger partial charge on any atom is 0.573 e. The first-order valence-electron chi connectivity index (χ1n) is 8.34. The summed E-state index contributed by atoms with van der Waals surface area (Å²) in [7, 11) is -3.63. The molecule has 2 rings (SSSR count). The summed E-state index contributed by atoms with van der Waals surface area (Å²) in [4.78, 5) is 12.3. The highest BCUT2D eigenvalue weighted by atomic mass is 32.2. The number of carbonyl (C=O) groups is 1. The number of hydrogen-bond donors (Lipinski definition) is 1. The van der Waals surface area contributed by atoms with E-state index in [0.29, 0.717) is 13.1 Å². The molecule has 0 heterocycles. The number of halogens is 3. The third-order valence-electron chi connectivity index (χ3n) is 3.81. The fraction of sp³-hybridized carbons (Fsp3) is 0.278. The molecule has 0 unspecified atom stereocenters. The van der Waals surface area contributed by atoms with Crippen molar-refractivity contribution in [2.75, 3.05) is 18.4 Å². The van der Waals surface area contributed by atoms with Gasteiger partial charge in [-0.2, -0.15) is 4.31 Å². The molecular formula is C18H19F3N2O4S. The lowest BCUT2D eigenvalue weighted by atomic mass is 10.2. The number of benzene rings is 2. The van der Waals surface area contributed by atoms with Crippen molar-refractivity contribution in [1.29, 1.82) is 0 Å². The molecule has 1 amide bonds. The quantitative estimate of drug-likeness (QED) is 0.744. The van der Waals surface area contributed by atoms with Crippen LogP contribution in [0, 0.1) is 0 Å². The number of nitrogens with one attached hydrogen (secondary N) is 1. The summed E-state index contributed by atoms with van der Waals surface area (Å²) in [5.41, 5.74) is 0.466. The molecule has 0 fully saturated rings. The number of nitrogens with zero attached hydrogens (tertiary/aromatic N) is 1. The highest BCUT2D eigenvalue weighted by molar-refractivity contribution is 7.89. The highest BCUT2D eigenvalue weighted by Gasteiger charge is 2.31. The van der Waals surface area contributed by atoms with Crippen LogP contribution in [0.3, 0.4) is 0 Å². The zero-order chi connectivity index (χ0) is 20.9. The van der Waals surface area contributed by atoms with Gasteiger partial charge in [-0.25, -0.2) is 8.42 Å². The average molecular weight is 416 g/mol. The Morgan fingerprint density at radius 3 is 2.00 bits per heavy atom. The molecule has 0 saturated heterocycles. The summed E-state index contributed by atoms with van der Waals surface area (Å²) >= 11 is 0. The van der Waals surface area contributed by atoms with Gasteiger partial charge in [-0.15, -0.1) is 13.2 Å². The minimum Gasteiger partial charge on any atom is -0.406 e. The fourth-order valence-electron chi connectivity index (χ4n) is 2.43. The summed E-state index contributed by atoms with van der Waals surface area (Å²) in [6.45, 7) is 4.12. The van der Waals surface area contributed by atoms with Crippen LogP contribution in [0.2, 0.25) is 0 Å². The number of amides is 1. The van der Waals surface area contributed by atoms with Crippen LogP contribution in [-0.2, 0) is 10.0 Å². The molecule has 1 N–H and O–H groups in total. The Kier molecular flexibility index (Phi) is 6.68. The fourth-order valence-corrected chi connectivity index (χ4v) is 3.89. The lowest BCUT2D eigenvalue weighted by Crippen LogP contribution is -2.30. The Labute approximate surface area is 161 Å². The molecule has 0 radical (unpaired) electrons. The number of alkyl halides is 3. The van der Waals surface area contributed by atoms with E-state index in [1.165, 1.54) is 40.7 Å². The molecule has 0 spiro atoms. The van der Waals surface area contributed by atoms with Gasteiger partial charge in [0, 0.05) is 24.3 Å². The van der Waals surface area contributed by atoms with Crippen LogP contribution in [0.25, 0.3) is 0 Å². The zero-order valence-corrected chi connectivity index (χ0v) is 16.0. The van der Waals surface area contributed by atoms with Crippen LogP contribution in [0.15, 0.2) is 53.4 Å². The van der Waals surface area contributed by atoms with E-state index in [-0.39, 0.29) is 16.1 Å². The molecule has 0 bridgehead atoms. The van der Waals surface area contributed by atoms with Gasteiger partial charge in [0.1, 0.15) is 5.75 Å². The predicted molar refractivity (Wildman–Crippen MR) is 97.6 cm³/mol. The molecule has 152 valence electrons. The van der Waals surface area contributed by atoms with Crippen molar-refractivity contribution in [1.82, 2.24) is 4.31 Å². The van der Waals surface area contributed by atoms with Crippen LogP contribution in [-0.4, -0.2) is 38.1 Å². The van der Waals surface area contributed by atoms with E-state index in [4.69, 9.17) is 0 Å². The molecular weight excluding hydrogens is 397 g/mol. The second-order valence-electron chi connectivity index (χ2n) is 5.64. The average Bonchev–Trinajstić information content (AvgIpc) is 2.63. The van der Waals surface area contributed by atoms with Gasteiger partial charge in [-0.05, 0) is 48.5 Å². The summed E-state index contributed by atoms with van der Waals surface area (Å²) < 4.78 is 66.4. The zero-order valence-electron chi connectivity index (χ0n) is 15.2. The second-order valence-corrected chi connectivity index (χ2v) is 7.58. The van der Waals surface area contributed by atoms with E-state index in [0.717, 1.165) is 12.1 Å². The highest BCUT2D eigenvalue weighted by Crippen LogP contribution is 2.24. The largest absolute Gasteiger partial charge is 0.573 e. The van der Waals surface area contributed by atoms with Gasteiger partial charge in [-0.1, -0.05) is 13.8 Å². The van der Waals surface area contributed by atoms with E-state index in [2.05, 4.69) is 10.1 Å². The van der Waals surface area contributed by atoms with E-state index < -0.39 is 28.0 Å². The topological polar surface area (TPSA) is 75.7 Å². The van der Waals surface area contributed by atoms with Gasteiger partial charge in [0.25, 0.3) is 5.91 Å². The third-order valence-corrected chi connectivity index (χ3v) is 5.87. The normalized spacial score (nSPS) is 12.1. The number of sulfonamides is 1. The number of hydrogen-bond acceptors (Lipinski definition) is 4. The van der Waals surface area contributed by atoms with E-state index >= 15 is 0 Å². The molecule has 0 aliphatic heterocycles. The first-order chi connectivity index (χ1) is 13.1. The number of carbonyl (C=O) groups excluding carboxylic acids is 1. The van der Waals surface area contributed by atoms with Gasteiger partial charge in [-0.3, -0.25) is 4.79 Å². The molecule has 0 aromatic heterocycles. The Morgan fingerprint density at radius 1 is 1.00 bits per heavy atom. The minimum atomic E-state index is -4.79. The number of rotatable bonds is 7. The van der Waals surface area contributed by atoms with Crippen molar-refractivity contribution in [3.8, 4) is 5.75 Å². The molecule has 0 aliphatic rings. The molecule has 0 atom stereocenters. The van der Waals surface area contributed by atoms with Crippen molar-refractivity contribution >= 4 is 21.6 Å². The van der Waals surface area contributed by atoms with Crippen molar-refractivity contribution in [3.05, 3.63) is 54.1 Å². The standard InChI is InChI=1S/C18H19F3N2O4S/c1-3-23(4-2)28(25,26)16-11-5-13(6-12-16)17(24)22-14-7-9-15(10-8-14)27-18(19,20)21/h5-12H,3-4H2,1-2H3,(H,22,24).